The SMILES string of the molecule is Cn1cncc1C(N)(c1ccc(Cl)nc1)c1ccc2c(c1)c(-c1cccc(Cl)c1)cc(=O)n2C.Cn1cncc1C(O)(c1ccc(Cl)nc1)c1ccc2c(c1)c(-c1cccc(Cl)c1)cc(=O)n2C. The van der Waals surface area contributed by atoms with Crippen molar-refractivity contribution < 1.29 is 5.11 Å². The van der Waals surface area contributed by atoms with Crippen molar-refractivity contribution in [2.45, 2.75) is 11.1 Å². The summed E-state index contributed by atoms with van der Waals surface area (Å²) >= 11 is 24.6. The largest absolute Gasteiger partial charge is 0.374 e. The van der Waals surface area contributed by atoms with Crippen molar-refractivity contribution in [1.29, 1.82) is 0 Å². The molecule has 0 saturated carbocycles. The Morgan fingerprint density at radius 3 is 1.43 bits per heavy atom. The number of aromatic nitrogens is 8. The zero-order valence-corrected chi connectivity index (χ0v) is 40.0. The van der Waals surface area contributed by atoms with Gasteiger partial charge in [-0.05, 0) is 94.0 Å². The number of pyridine rings is 4. The van der Waals surface area contributed by atoms with Gasteiger partial charge >= 0.3 is 0 Å². The first kappa shape index (κ1) is 46.2. The lowest BCUT2D eigenvalue weighted by atomic mass is 9.81. The summed E-state index contributed by atoms with van der Waals surface area (Å²) in [5, 5.41) is 15.8. The number of benzene rings is 4. The smallest absolute Gasteiger partial charge is 0.251 e. The van der Waals surface area contributed by atoms with E-state index in [2.05, 4.69) is 19.9 Å². The van der Waals surface area contributed by atoms with Crippen LogP contribution < -0.4 is 16.9 Å². The Kier molecular flexibility index (Phi) is 12.4. The summed E-state index contributed by atoms with van der Waals surface area (Å²) in [5.74, 6) is 0. The molecule has 0 aliphatic rings. The summed E-state index contributed by atoms with van der Waals surface area (Å²) in [6, 6.07) is 36.4. The Bertz CT molecular complexity index is 3420. The molecule has 12 nitrogen and oxygen atoms in total. The predicted molar refractivity (Wildman–Crippen MR) is 270 cm³/mol. The van der Waals surface area contributed by atoms with Crippen molar-refractivity contribution in [3.8, 4) is 22.3 Å². The Labute approximate surface area is 410 Å². The number of fused-ring (bicyclic) bond motifs is 2. The van der Waals surface area contributed by atoms with Gasteiger partial charge in [-0.15, -0.1) is 0 Å². The van der Waals surface area contributed by atoms with Gasteiger partial charge in [0.1, 0.15) is 15.8 Å². The van der Waals surface area contributed by atoms with E-state index in [0.29, 0.717) is 37.2 Å². The molecule has 6 aromatic heterocycles. The second-order valence-corrected chi connectivity index (χ2v) is 18.1. The van der Waals surface area contributed by atoms with E-state index in [-0.39, 0.29) is 11.1 Å². The van der Waals surface area contributed by atoms with Crippen LogP contribution in [0, 0.1) is 0 Å². The van der Waals surface area contributed by atoms with Crippen LogP contribution in [0.3, 0.4) is 0 Å². The van der Waals surface area contributed by atoms with Gasteiger partial charge in [-0.2, -0.15) is 0 Å². The van der Waals surface area contributed by atoms with Crippen molar-refractivity contribution in [3.05, 3.63) is 233 Å². The van der Waals surface area contributed by atoms with Gasteiger partial charge in [0, 0.05) is 84.7 Å². The molecule has 0 spiro atoms. The highest BCUT2D eigenvalue weighted by atomic mass is 35.5. The fraction of sp³-hybridized carbons (Fsp3) is 0.115. The lowest BCUT2D eigenvalue weighted by Crippen LogP contribution is -2.41. The van der Waals surface area contributed by atoms with Crippen LogP contribution in [0.4, 0.5) is 0 Å². The fourth-order valence-corrected chi connectivity index (χ4v) is 9.35. The number of hydrogen-bond donors (Lipinski definition) is 2. The van der Waals surface area contributed by atoms with Gasteiger partial charge in [0.05, 0.1) is 47.5 Å². The molecule has 0 amide bonds. The van der Waals surface area contributed by atoms with Crippen LogP contribution in [0.1, 0.15) is 33.6 Å². The molecule has 16 heteroatoms. The summed E-state index contributed by atoms with van der Waals surface area (Å²) in [7, 11) is 7.20. The van der Waals surface area contributed by atoms with E-state index in [1.165, 1.54) is 0 Å². The molecule has 340 valence electrons. The van der Waals surface area contributed by atoms with E-state index >= 15 is 0 Å². The van der Waals surface area contributed by atoms with Gasteiger partial charge in [0.2, 0.25) is 0 Å². The third kappa shape index (κ3) is 8.29. The Morgan fingerprint density at radius 2 is 0.971 bits per heavy atom. The van der Waals surface area contributed by atoms with Crippen LogP contribution >= 0.6 is 46.4 Å². The summed E-state index contributed by atoms with van der Waals surface area (Å²) in [5.41, 5.74) is 13.0. The van der Waals surface area contributed by atoms with Gasteiger partial charge < -0.3 is 29.1 Å². The van der Waals surface area contributed by atoms with Gasteiger partial charge in [-0.3, -0.25) is 9.59 Å². The first-order chi connectivity index (χ1) is 32.6. The first-order valence-corrected chi connectivity index (χ1v) is 22.6. The highest BCUT2D eigenvalue weighted by Gasteiger charge is 2.38. The van der Waals surface area contributed by atoms with E-state index in [1.807, 2.05) is 97.5 Å². The molecule has 2 unspecified atom stereocenters. The number of aryl methyl sites for hydroxylation is 4. The third-order valence-electron chi connectivity index (χ3n) is 12.4. The minimum absolute atomic E-state index is 0.109. The molecule has 3 N–H and O–H groups in total. The van der Waals surface area contributed by atoms with Crippen molar-refractivity contribution in [2.24, 2.45) is 33.9 Å². The van der Waals surface area contributed by atoms with Crippen molar-refractivity contribution in [3.63, 3.8) is 0 Å². The molecule has 0 fully saturated rings. The van der Waals surface area contributed by atoms with Crippen LogP contribution in [0.25, 0.3) is 44.1 Å². The lowest BCUT2D eigenvalue weighted by molar-refractivity contribution is 0.117. The molecule has 0 aliphatic heterocycles. The van der Waals surface area contributed by atoms with Crippen LogP contribution in [-0.2, 0) is 39.3 Å². The second kappa shape index (κ2) is 18.3. The molecular weight excluding hydrogens is 940 g/mol. The molecule has 2 atom stereocenters. The summed E-state index contributed by atoms with van der Waals surface area (Å²) in [6.45, 7) is 0. The number of nitrogens with two attached hydrogens (primary N) is 1. The van der Waals surface area contributed by atoms with Crippen LogP contribution in [0.5, 0.6) is 0 Å². The number of imidazole rings is 2. The number of rotatable bonds is 8. The molecule has 10 rings (SSSR count). The third-order valence-corrected chi connectivity index (χ3v) is 13.3. The minimum Gasteiger partial charge on any atom is -0.374 e. The highest BCUT2D eigenvalue weighted by molar-refractivity contribution is 6.31. The Balaban J connectivity index is 0.000000170. The van der Waals surface area contributed by atoms with E-state index < -0.39 is 11.1 Å². The predicted octanol–water partition coefficient (Wildman–Crippen LogP) is 9.82. The molecule has 0 bridgehead atoms. The lowest BCUT2D eigenvalue weighted by Gasteiger charge is -2.31. The second-order valence-electron chi connectivity index (χ2n) is 16.4. The monoisotopic (exact) mass is 979 g/mol. The van der Waals surface area contributed by atoms with Gasteiger partial charge in [-0.1, -0.05) is 94.9 Å². The number of nitrogens with zero attached hydrogens (tertiary/aromatic N) is 8. The van der Waals surface area contributed by atoms with Gasteiger partial charge in [0.15, 0.2) is 5.60 Å². The standard InChI is InChI=1S/C26H21Cl2N5O.C26H20Cl2N4O2/c1-32-15-30-14-23(32)26(29,18-7-9-24(28)31-13-18)17-6-8-22-21(11-17)20(12-25(34)33(22)2)16-4-3-5-19(27)10-16;1-31-15-29-14-23(31)26(34,18-7-9-24(28)30-13-18)17-6-8-22-21(11-17)20(12-25(33)32(22)2)16-4-3-5-19(27)10-16/h3-15H,29H2,1-2H3;3-15,34H,1-2H3. The van der Waals surface area contributed by atoms with Crippen molar-refractivity contribution in [1.82, 2.24) is 38.2 Å². The Hall–Kier alpha value is -6.90. The maximum atomic E-state index is 12.8. The van der Waals surface area contributed by atoms with E-state index in [4.69, 9.17) is 52.1 Å². The van der Waals surface area contributed by atoms with Gasteiger partial charge in [-0.25, -0.2) is 19.9 Å². The molecule has 68 heavy (non-hydrogen) atoms. The average Bonchev–Trinajstić information content (AvgIpc) is 3.99. The maximum Gasteiger partial charge on any atom is 0.251 e. The molecule has 6 heterocycles. The summed E-state index contributed by atoms with van der Waals surface area (Å²) in [4.78, 5) is 42.4. The topological polar surface area (TPSA) is 152 Å². The van der Waals surface area contributed by atoms with E-state index in [9.17, 15) is 14.7 Å². The first-order valence-electron chi connectivity index (χ1n) is 21.1. The molecular formula is C52H41Cl4N9O3. The Morgan fingerprint density at radius 1 is 0.515 bits per heavy atom. The molecule has 0 saturated heterocycles. The van der Waals surface area contributed by atoms with Crippen LogP contribution in [-0.4, -0.2) is 43.3 Å². The van der Waals surface area contributed by atoms with Gasteiger partial charge in [0.25, 0.3) is 11.1 Å². The van der Waals surface area contributed by atoms with Crippen molar-refractivity contribution in [2.75, 3.05) is 0 Å². The van der Waals surface area contributed by atoms with E-state index in [0.717, 1.165) is 60.9 Å². The van der Waals surface area contributed by atoms with Crippen molar-refractivity contribution >= 4 is 68.2 Å². The minimum atomic E-state index is -1.57. The summed E-state index contributed by atoms with van der Waals surface area (Å²) < 4.78 is 6.86. The normalized spacial score (nSPS) is 13.2. The maximum absolute atomic E-state index is 12.8. The number of aliphatic hydroxyl groups is 1. The molecule has 0 aliphatic carbocycles. The highest BCUT2D eigenvalue weighted by Crippen LogP contribution is 2.40. The van der Waals surface area contributed by atoms with Crippen LogP contribution in [0.2, 0.25) is 20.4 Å². The quantitative estimate of drug-likeness (QED) is 0.143. The zero-order chi connectivity index (χ0) is 48.1. The van der Waals surface area contributed by atoms with Crippen LogP contribution in [0.15, 0.2) is 168 Å². The average molecular weight is 982 g/mol. The summed E-state index contributed by atoms with van der Waals surface area (Å²) in [6.07, 6.45) is 9.94. The molecule has 4 aromatic carbocycles. The number of halogens is 4. The molecule has 0 radical (unpaired) electrons. The molecule has 10 aromatic rings. The zero-order valence-electron chi connectivity index (χ0n) is 36.9. The fourth-order valence-electron chi connectivity index (χ4n) is 8.75. The van der Waals surface area contributed by atoms with E-state index in [1.54, 1.807) is 108 Å². The number of hydrogen-bond acceptors (Lipinski definition) is 8.